The Kier molecular flexibility index (Phi) is 2.94. The molecule has 1 aliphatic heterocycles. The van der Waals surface area contributed by atoms with Crippen molar-refractivity contribution in [2.75, 3.05) is 12.3 Å². The molecule has 108 valence electrons. The van der Waals surface area contributed by atoms with Gasteiger partial charge in [-0.3, -0.25) is 14.3 Å². The fraction of sp³-hybridized carbons (Fsp3) is 0.500. The van der Waals surface area contributed by atoms with Crippen LogP contribution in [-0.2, 0) is 4.74 Å². The summed E-state index contributed by atoms with van der Waals surface area (Å²) in [5.74, 6) is -0.0751. The summed E-state index contributed by atoms with van der Waals surface area (Å²) >= 11 is 0. The minimum atomic E-state index is -1.30. The van der Waals surface area contributed by atoms with Gasteiger partial charge in [0, 0.05) is 0 Å². The van der Waals surface area contributed by atoms with E-state index in [2.05, 4.69) is 15.0 Å². The second-order valence-corrected chi connectivity index (χ2v) is 4.50. The van der Waals surface area contributed by atoms with Gasteiger partial charge in [-0.1, -0.05) is 0 Å². The lowest BCUT2D eigenvalue weighted by atomic mass is 10.1. The van der Waals surface area contributed by atoms with E-state index in [0.29, 0.717) is 0 Å². The number of nitrogens with two attached hydrogens (primary N) is 1. The highest BCUT2D eigenvalue weighted by atomic mass is 16.6. The summed E-state index contributed by atoms with van der Waals surface area (Å²) in [5, 5.41) is 28.7. The molecule has 0 aliphatic carbocycles. The molecule has 2 aromatic heterocycles. The van der Waals surface area contributed by atoms with Crippen LogP contribution in [0.2, 0.25) is 0 Å². The molecule has 6 N–H and O–H groups in total. The van der Waals surface area contributed by atoms with Crippen molar-refractivity contribution in [3.8, 4) is 0 Å². The van der Waals surface area contributed by atoms with Crippen LogP contribution in [-0.4, -0.2) is 59.8 Å². The van der Waals surface area contributed by atoms with Crippen molar-refractivity contribution >= 4 is 17.1 Å². The minimum Gasteiger partial charge on any atom is -0.394 e. The predicted molar refractivity (Wildman–Crippen MR) is 65.6 cm³/mol. The Morgan fingerprint density at radius 3 is 2.85 bits per heavy atom. The molecule has 1 fully saturated rings. The maximum Gasteiger partial charge on any atom is 0.278 e. The van der Waals surface area contributed by atoms with Crippen molar-refractivity contribution in [1.82, 2.24) is 19.5 Å². The average molecular weight is 283 g/mol. The predicted octanol–water partition coefficient (Wildman–Crippen LogP) is -2.69. The maximum atomic E-state index is 11.9. The summed E-state index contributed by atoms with van der Waals surface area (Å²) in [4.78, 5) is 22.0. The van der Waals surface area contributed by atoms with Gasteiger partial charge in [0.2, 0.25) is 5.95 Å². The highest BCUT2D eigenvalue weighted by Crippen LogP contribution is 2.30. The average Bonchev–Trinajstić information content (AvgIpc) is 2.93. The van der Waals surface area contributed by atoms with E-state index in [1.807, 2.05) is 0 Å². The normalized spacial score (nSPS) is 30.1. The highest BCUT2D eigenvalue weighted by Gasteiger charge is 2.44. The van der Waals surface area contributed by atoms with E-state index < -0.39 is 36.7 Å². The summed E-state index contributed by atoms with van der Waals surface area (Å²) in [5.41, 5.74) is 5.04. The Labute approximate surface area is 111 Å². The van der Waals surface area contributed by atoms with Crippen LogP contribution in [0.4, 0.5) is 5.95 Å². The summed E-state index contributed by atoms with van der Waals surface area (Å²) in [6.07, 6.45) is -3.29. The molecule has 1 saturated heterocycles. The van der Waals surface area contributed by atoms with Crippen molar-refractivity contribution < 1.29 is 20.1 Å². The molecule has 4 atom stereocenters. The lowest BCUT2D eigenvalue weighted by molar-refractivity contribution is -0.0509. The molecule has 0 unspecified atom stereocenters. The van der Waals surface area contributed by atoms with Crippen molar-refractivity contribution in [3.05, 3.63) is 16.7 Å². The van der Waals surface area contributed by atoms with E-state index in [1.54, 1.807) is 0 Å². The Bertz CT molecular complexity index is 697. The van der Waals surface area contributed by atoms with Gasteiger partial charge in [-0.25, -0.2) is 4.98 Å². The Morgan fingerprint density at radius 1 is 1.45 bits per heavy atom. The van der Waals surface area contributed by atoms with Gasteiger partial charge in [0.25, 0.3) is 5.56 Å². The van der Waals surface area contributed by atoms with Crippen molar-refractivity contribution in [2.24, 2.45) is 0 Å². The number of anilines is 1. The van der Waals surface area contributed by atoms with Gasteiger partial charge >= 0.3 is 0 Å². The standard InChI is InChI=1S/C10H13N5O5/c11-10-13-7-4(8(19)14-10)15(2-12-7)9-6(18)5(17)3(1-16)20-9/h2-3,5-6,9,16-18H,1H2,(H3,11,13,14,19)/t3-,5-,6+,9-/m1/s1. The molecule has 0 amide bonds. The molecule has 3 rings (SSSR count). The van der Waals surface area contributed by atoms with Crippen LogP contribution in [0.5, 0.6) is 0 Å². The van der Waals surface area contributed by atoms with Crippen LogP contribution in [0.15, 0.2) is 11.1 Å². The smallest absolute Gasteiger partial charge is 0.278 e. The number of nitrogens with zero attached hydrogens (tertiary/aromatic N) is 3. The number of ether oxygens (including phenoxy) is 1. The topological polar surface area (TPSA) is 160 Å². The molecule has 0 spiro atoms. The number of rotatable bonds is 2. The van der Waals surface area contributed by atoms with Gasteiger partial charge in [0.05, 0.1) is 6.61 Å². The van der Waals surface area contributed by atoms with Crippen LogP contribution in [0, 0.1) is 0 Å². The second kappa shape index (κ2) is 4.52. The second-order valence-electron chi connectivity index (χ2n) is 4.50. The lowest BCUT2D eigenvalue weighted by Gasteiger charge is -2.16. The number of aromatic nitrogens is 4. The van der Waals surface area contributed by atoms with E-state index >= 15 is 0 Å². The third-order valence-corrected chi connectivity index (χ3v) is 3.25. The summed E-state index contributed by atoms with van der Waals surface area (Å²) in [7, 11) is 0. The highest BCUT2D eigenvalue weighted by molar-refractivity contribution is 5.70. The van der Waals surface area contributed by atoms with Crippen LogP contribution in [0.1, 0.15) is 6.23 Å². The molecule has 10 nitrogen and oxygen atoms in total. The summed E-state index contributed by atoms with van der Waals surface area (Å²) < 4.78 is 6.59. The van der Waals surface area contributed by atoms with Crippen LogP contribution in [0.3, 0.4) is 0 Å². The molecule has 3 heterocycles. The molecule has 0 saturated carbocycles. The number of aromatic amines is 1. The first kappa shape index (κ1) is 13.0. The molecule has 0 aromatic carbocycles. The van der Waals surface area contributed by atoms with Crippen molar-refractivity contribution in [3.63, 3.8) is 0 Å². The number of nitrogen functional groups attached to an aromatic ring is 1. The van der Waals surface area contributed by atoms with Crippen LogP contribution < -0.4 is 11.3 Å². The SMILES string of the molecule is Nc1nc2ncn([C@@H]3O[C@H](CO)[C@@H](O)[C@@H]3O)c2c(=O)[nH]1. The van der Waals surface area contributed by atoms with Gasteiger partial charge in [-0.05, 0) is 0 Å². The van der Waals surface area contributed by atoms with Crippen LogP contribution in [0.25, 0.3) is 11.2 Å². The zero-order valence-corrected chi connectivity index (χ0v) is 10.2. The van der Waals surface area contributed by atoms with Gasteiger partial charge < -0.3 is 25.8 Å². The number of hydrogen-bond acceptors (Lipinski definition) is 8. The van der Waals surface area contributed by atoms with E-state index in [9.17, 15) is 15.0 Å². The molecular weight excluding hydrogens is 270 g/mol. The number of nitrogens with one attached hydrogen (secondary N) is 1. The van der Waals surface area contributed by atoms with E-state index in [1.165, 1.54) is 10.9 Å². The largest absolute Gasteiger partial charge is 0.394 e. The number of aliphatic hydroxyl groups excluding tert-OH is 3. The number of fused-ring (bicyclic) bond motifs is 1. The maximum absolute atomic E-state index is 11.9. The quantitative estimate of drug-likeness (QED) is 0.398. The lowest BCUT2D eigenvalue weighted by Crippen LogP contribution is -2.33. The first-order chi connectivity index (χ1) is 9.52. The molecule has 1 aliphatic rings. The van der Waals surface area contributed by atoms with Gasteiger partial charge in [-0.15, -0.1) is 0 Å². The first-order valence-electron chi connectivity index (χ1n) is 5.87. The Hall–Kier alpha value is -2.01. The minimum absolute atomic E-state index is 0.0639. The molecule has 10 heteroatoms. The Morgan fingerprint density at radius 2 is 2.20 bits per heavy atom. The molecule has 2 aromatic rings. The fourth-order valence-electron chi connectivity index (χ4n) is 2.27. The first-order valence-corrected chi connectivity index (χ1v) is 5.87. The zero-order chi connectivity index (χ0) is 14.4. The number of hydrogen-bond donors (Lipinski definition) is 5. The van der Waals surface area contributed by atoms with E-state index in [4.69, 9.17) is 15.6 Å². The number of imidazole rings is 1. The molecule has 0 bridgehead atoms. The number of aliphatic hydroxyl groups is 3. The fourth-order valence-corrected chi connectivity index (χ4v) is 2.27. The Balaban J connectivity index is 2.10. The number of H-pyrrole nitrogens is 1. The van der Waals surface area contributed by atoms with E-state index in [0.717, 1.165) is 0 Å². The third kappa shape index (κ3) is 1.78. The van der Waals surface area contributed by atoms with Gasteiger partial charge in [0.15, 0.2) is 17.4 Å². The third-order valence-electron chi connectivity index (χ3n) is 3.25. The van der Waals surface area contributed by atoms with Crippen molar-refractivity contribution in [1.29, 1.82) is 0 Å². The molecule has 0 radical (unpaired) electrons. The summed E-state index contributed by atoms with van der Waals surface area (Å²) in [6.45, 7) is -0.455. The van der Waals surface area contributed by atoms with Crippen molar-refractivity contribution in [2.45, 2.75) is 24.5 Å². The summed E-state index contributed by atoms with van der Waals surface area (Å²) in [6, 6.07) is 0. The molecule has 20 heavy (non-hydrogen) atoms. The van der Waals surface area contributed by atoms with E-state index in [-0.39, 0.29) is 17.1 Å². The zero-order valence-electron chi connectivity index (χ0n) is 10.2. The van der Waals surface area contributed by atoms with Crippen LogP contribution >= 0.6 is 0 Å². The monoisotopic (exact) mass is 283 g/mol. The van der Waals surface area contributed by atoms with Gasteiger partial charge in [0.1, 0.15) is 24.6 Å². The van der Waals surface area contributed by atoms with Gasteiger partial charge in [-0.2, -0.15) is 4.98 Å². The molecular formula is C10H13N5O5.